The Labute approximate surface area is 158 Å². The van der Waals surface area contributed by atoms with Crippen molar-refractivity contribution in [2.45, 2.75) is 26.4 Å². The summed E-state index contributed by atoms with van der Waals surface area (Å²) in [6, 6.07) is 6.77. The highest BCUT2D eigenvalue weighted by atomic mass is 16.6. The molecule has 0 saturated heterocycles. The molecule has 1 aromatic rings. The highest BCUT2D eigenvalue weighted by Gasteiger charge is 2.34. The quantitative estimate of drug-likeness (QED) is 0.521. The lowest BCUT2D eigenvalue weighted by atomic mass is 10.1. The van der Waals surface area contributed by atoms with Crippen molar-refractivity contribution in [2.75, 3.05) is 39.5 Å². The molecule has 0 fully saturated rings. The number of hydrogen-bond donors (Lipinski definition) is 1. The van der Waals surface area contributed by atoms with E-state index in [1.165, 1.54) is 4.90 Å². The Morgan fingerprint density at radius 3 is 2.07 bits per heavy atom. The van der Waals surface area contributed by atoms with Crippen molar-refractivity contribution < 1.29 is 28.6 Å². The van der Waals surface area contributed by atoms with Gasteiger partial charge in [-0.05, 0) is 32.9 Å². The Morgan fingerprint density at radius 2 is 1.52 bits per heavy atom. The largest absolute Gasteiger partial charge is 0.444 e. The molecule has 3 amide bonds. The zero-order chi connectivity index (χ0) is 19.9. The van der Waals surface area contributed by atoms with E-state index in [0.717, 1.165) is 0 Å². The minimum atomic E-state index is -0.530. The van der Waals surface area contributed by atoms with Crippen molar-refractivity contribution in [3.8, 4) is 0 Å². The van der Waals surface area contributed by atoms with E-state index in [-0.39, 0.29) is 25.0 Å². The minimum Gasteiger partial charge on any atom is -0.444 e. The van der Waals surface area contributed by atoms with Crippen LogP contribution in [0.15, 0.2) is 24.3 Å². The van der Waals surface area contributed by atoms with Gasteiger partial charge in [0.2, 0.25) is 0 Å². The third kappa shape index (κ3) is 6.33. The number of nitrogens with one attached hydrogen (secondary N) is 1. The number of amides is 3. The second-order valence-electron chi connectivity index (χ2n) is 6.96. The molecule has 148 valence electrons. The molecular weight excluding hydrogens is 352 g/mol. The summed E-state index contributed by atoms with van der Waals surface area (Å²) in [6.07, 6.45) is -0.483. The molecule has 2 rings (SSSR count). The number of nitrogens with zero attached hydrogens (tertiary/aromatic N) is 1. The van der Waals surface area contributed by atoms with Crippen molar-refractivity contribution >= 4 is 17.9 Å². The van der Waals surface area contributed by atoms with Crippen LogP contribution in [-0.2, 0) is 14.2 Å². The number of imide groups is 1. The summed E-state index contributed by atoms with van der Waals surface area (Å²) in [5, 5.41) is 2.59. The van der Waals surface area contributed by atoms with Crippen molar-refractivity contribution in [2.24, 2.45) is 0 Å². The first-order valence-corrected chi connectivity index (χ1v) is 8.87. The van der Waals surface area contributed by atoms with Crippen LogP contribution in [0.1, 0.15) is 41.5 Å². The number of hydrogen-bond acceptors (Lipinski definition) is 6. The Morgan fingerprint density at radius 1 is 0.963 bits per heavy atom. The van der Waals surface area contributed by atoms with E-state index < -0.39 is 11.7 Å². The first kappa shape index (κ1) is 20.9. The van der Waals surface area contributed by atoms with Gasteiger partial charge in [0.05, 0.1) is 44.1 Å². The molecule has 27 heavy (non-hydrogen) atoms. The SMILES string of the molecule is CC(C)(C)OC(=O)NCCOCCOCCN1C(=O)c2ccccc2C1=O. The maximum Gasteiger partial charge on any atom is 0.407 e. The average Bonchev–Trinajstić information content (AvgIpc) is 2.84. The van der Waals surface area contributed by atoms with Gasteiger partial charge in [0.15, 0.2) is 0 Å². The lowest BCUT2D eigenvalue weighted by Crippen LogP contribution is -2.34. The van der Waals surface area contributed by atoms with Gasteiger partial charge in [0, 0.05) is 6.54 Å². The molecule has 8 heteroatoms. The molecule has 8 nitrogen and oxygen atoms in total. The molecule has 1 heterocycles. The number of carbonyl (C=O) groups excluding carboxylic acids is 3. The topological polar surface area (TPSA) is 94.2 Å². The summed E-state index contributed by atoms with van der Waals surface area (Å²) in [5.41, 5.74) is 0.338. The molecule has 1 aliphatic heterocycles. The van der Waals surface area contributed by atoms with Gasteiger partial charge in [-0.2, -0.15) is 0 Å². The fourth-order valence-corrected chi connectivity index (χ4v) is 2.46. The van der Waals surface area contributed by atoms with E-state index in [9.17, 15) is 14.4 Å². The number of ether oxygens (including phenoxy) is 3. The maximum atomic E-state index is 12.2. The summed E-state index contributed by atoms with van der Waals surface area (Å²) in [6.45, 7) is 7.17. The fraction of sp³-hybridized carbons (Fsp3) is 0.526. The number of alkyl carbamates (subject to hydrolysis) is 1. The van der Waals surface area contributed by atoms with Gasteiger partial charge in [-0.3, -0.25) is 14.5 Å². The summed E-state index contributed by atoms with van der Waals surface area (Å²) >= 11 is 0. The van der Waals surface area contributed by atoms with Gasteiger partial charge >= 0.3 is 6.09 Å². The lowest BCUT2D eigenvalue weighted by molar-refractivity contribution is 0.0323. The third-order valence-corrected chi connectivity index (χ3v) is 3.62. The highest BCUT2D eigenvalue weighted by molar-refractivity contribution is 6.21. The van der Waals surface area contributed by atoms with Gasteiger partial charge in [-0.25, -0.2) is 4.79 Å². The van der Waals surface area contributed by atoms with E-state index in [1.807, 2.05) is 0 Å². The van der Waals surface area contributed by atoms with Crippen molar-refractivity contribution in [1.29, 1.82) is 0 Å². The van der Waals surface area contributed by atoms with E-state index in [1.54, 1.807) is 45.0 Å². The Balaban J connectivity index is 1.52. The van der Waals surface area contributed by atoms with Crippen molar-refractivity contribution in [3.63, 3.8) is 0 Å². The average molecular weight is 378 g/mol. The van der Waals surface area contributed by atoms with E-state index >= 15 is 0 Å². The number of benzene rings is 1. The molecule has 0 spiro atoms. The van der Waals surface area contributed by atoms with Crippen LogP contribution in [0.3, 0.4) is 0 Å². The minimum absolute atomic E-state index is 0.201. The van der Waals surface area contributed by atoms with Crippen LogP contribution in [0.5, 0.6) is 0 Å². The zero-order valence-electron chi connectivity index (χ0n) is 15.9. The van der Waals surface area contributed by atoms with Gasteiger partial charge in [0.25, 0.3) is 11.8 Å². The monoisotopic (exact) mass is 378 g/mol. The second-order valence-corrected chi connectivity index (χ2v) is 6.96. The molecule has 1 aromatic carbocycles. The van der Waals surface area contributed by atoms with Crippen LogP contribution in [0.4, 0.5) is 4.79 Å². The number of fused-ring (bicyclic) bond motifs is 1. The second kappa shape index (κ2) is 9.48. The molecule has 0 saturated carbocycles. The lowest BCUT2D eigenvalue weighted by Gasteiger charge is -2.19. The summed E-state index contributed by atoms with van der Waals surface area (Å²) in [7, 11) is 0. The molecule has 0 unspecified atom stereocenters. The smallest absolute Gasteiger partial charge is 0.407 e. The molecule has 1 aliphatic rings. The van der Waals surface area contributed by atoms with E-state index in [0.29, 0.717) is 37.5 Å². The molecule has 0 aromatic heterocycles. The Hall–Kier alpha value is -2.45. The third-order valence-electron chi connectivity index (χ3n) is 3.62. The standard InChI is InChI=1S/C19H26N2O6/c1-19(2,3)27-18(24)20-8-10-25-12-13-26-11-9-21-16(22)14-6-4-5-7-15(14)17(21)23/h4-7H,8-13H2,1-3H3,(H,20,24). The number of carbonyl (C=O) groups is 3. The summed E-state index contributed by atoms with van der Waals surface area (Å²) in [4.78, 5) is 36.9. The molecular formula is C19H26N2O6. The molecule has 1 N–H and O–H groups in total. The van der Waals surface area contributed by atoms with Gasteiger partial charge in [-0.1, -0.05) is 12.1 Å². The zero-order valence-corrected chi connectivity index (χ0v) is 15.9. The number of rotatable bonds is 9. The van der Waals surface area contributed by atoms with E-state index in [2.05, 4.69) is 5.32 Å². The normalized spacial score (nSPS) is 13.7. The summed E-state index contributed by atoms with van der Waals surface area (Å²) < 4.78 is 15.8. The van der Waals surface area contributed by atoms with Gasteiger partial charge in [-0.15, -0.1) is 0 Å². The van der Waals surface area contributed by atoms with Crippen LogP contribution in [-0.4, -0.2) is 67.9 Å². The molecule has 0 aliphatic carbocycles. The van der Waals surface area contributed by atoms with Crippen LogP contribution in [0.25, 0.3) is 0 Å². The van der Waals surface area contributed by atoms with Crippen LogP contribution < -0.4 is 5.32 Å². The summed E-state index contributed by atoms with van der Waals surface area (Å²) in [5.74, 6) is -0.577. The van der Waals surface area contributed by atoms with Crippen LogP contribution in [0, 0.1) is 0 Å². The van der Waals surface area contributed by atoms with E-state index in [4.69, 9.17) is 14.2 Å². The predicted molar refractivity (Wildman–Crippen MR) is 97.7 cm³/mol. The fourth-order valence-electron chi connectivity index (χ4n) is 2.46. The Kier molecular flexibility index (Phi) is 7.32. The molecule has 0 atom stereocenters. The predicted octanol–water partition coefficient (Wildman–Crippen LogP) is 1.84. The van der Waals surface area contributed by atoms with Crippen molar-refractivity contribution in [3.05, 3.63) is 35.4 Å². The van der Waals surface area contributed by atoms with Crippen molar-refractivity contribution in [1.82, 2.24) is 10.2 Å². The Bertz CT molecular complexity index is 648. The first-order chi connectivity index (χ1) is 12.8. The van der Waals surface area contributed by atoms with Gasteiger partial charge in [0.1, 0.15) is 5.60 Å². The van der Waals surface area contributed by atoms with Gasteiger partial charge < -0.3 is 19.5 Å². The first-order valence-electron chi connectivity index (χ1n) is 8.87. The van der Waals surface area contributed by atoms with Crippen LogP contribution in [0.2, 0.25) is 0 Å². The molecule has 0 radical (unpaired) electrons. The highest BCUT2D eigenvalue weighted by Crippen LogP contribution is 2.21. The maximum absolute atomic E-state index is 12.2. The molecule has 0 bridgehead atoms. The van der Waals surface area contributed by atoms with Crippen LogP contribution >= 0.6 is 0 Å².